The summed E-state index contributed by atoms with van der Waals surface area (Å²) in [7, 11) is 0. The van der Waals surface area contributed by atoms with Crippen molar-refractivity contribution in [1.82, 2.24) is 4.98 Å². The number of nitrogens with two attached hydrogens (primary N) is 1. The van der Waals surface area contributed by atoms with Gasteiger partial charge in [-0.05, 0) is 36.6 Å². The SMILES string of the molecule is NC(=O)c1c([N+](=O)[O-])ccc(OCCCc2ccncc2)c1Cl. The van der Waals surface area contributed by atoms with Crippen LogP contribution in [0.3, 0.4) is 0 Å². The van der Waals surface area contributed by atoms with Crippen molar-refractivity contribution in [3.63, 3.8) is 0 Å². The molecule has 120 valence electrons. The Labute approximate surface area is 137 Å². The molecule has 0 fully saturated rings. The van der Waals surface area contributed by atoms with Crippen molar-refractivity contribution in [2.45, 2.75) is 12.8 Å². The first-order valence-electron chi connectivity index (χ1n) is 6.79. The lowest BCUT2D eigenvalue weighted by molar-refractivity contribution is -0.385. The van der Waals surface area contributed by atoms with Gasteiger partial charge >= 0.3 is 0 Å². The molecule has 7 nitrogen and oxygen atoms in total. The van der Waals surface area contributed by atoms with E-state index in [2.05, 4.69) is 4.98 Å². The second-order valence-electron chi connectivity index (χ2n) is 4.70. The number of hydrogen-bond donors (Lipinski definition) is 1. The Morgan fingerprint density at radius 1 is 1.30 bits per heavy atom. The number of hydrogen-bond acceptors (Lipinski definition) is 5. The highest BCUT2D eigenvalue weighted by molar-refractivity contribution is 6.35. The molecule has 0 radical (unpaired) electrons. The second-order valence-corrected chi connectivity index (χ2v) is 5.08. The van der Waals surface area contributed by atoms with E-state index in [1.165, 1.54) is 6.07 Å². The largest absolute Gasteiger partial charge is 0.492 e. The van der Waals surface area contributed by atoms with Gasteiger partial charge in [0.1, 0.15) is 16.3 Å². The number of nitrogens with zero attached hydrogens (tertiary/aromatic N) is 2. The maximum absolute atomic E-state index is 11.4. The summed E-state index contributed by atoms with van der Waals surface area (Å²) in [6, 6.07) is 6.33. The molecule has 2 aromatic rings. The molecule has 0 aliphatic rings. The standard InChI is InChI=1S/C15H14ClN3O4/c16-14-12(4-3-11(19(21)22)13(14)15(17)20)23-9-1-2-10-5-7-18-8-6-10/h3-8H,1-2,9H2,(H2,17,20). The highest BCUT2D eigenvalue weighted by atomic mass is 35.5. The zero-order chi connectivity index (χ0) is 16.8. The minimum atomic E-state index is -0.969. The third-order valence-corrected chi connectivity index (χ3v) is 3.52. The number of primary amides is 1. The van der Waals surface area contributed by atoms with Crippen molar-refractivity contribution in [2.24, 2.45) is 5.73 Å². The minimum Gasteiger partial charge on any atom is -0.492 e. The van der Waals surface area contributed by atoms with Crippen LogP contribution >= 0.6 is 11.6 Å². The summed E-state index contributed by atoms with van der Waals surface area (Å²) in [6.45, 7) is 0.345. The molecule has 8 heteroatoms. The van der Waals surface area contributed by atoms with Crippen LogP contribution in [0.1, 0.15) is 22.3 Å². The Balaban J connectivity index is 2.04. The highest BCUT2D eigenvalue weighted by Crippen LogP contribution is 2.34. The van der Waals surface area contributed by atoms with E-state index in [9.17, 15) is 14.9 Å². The van der Waals surface area contributed by atoms with Gasteiger partial charge in [-0.15, -0.1) is 0 Å². The second kappa shape index (κ2) is 7.55. The first-order valence-corrected chi connectivity index (χ1v) is 7.17. The molecule has 1 amide bonds. The van der Waals surface area contributed by atoms with E-state index < -0.39 is 16.5 Å². The normalized spacial score (nSPS) is 10.3. The molecular formula is C15H14ClN3O4. The number of nitro benzene ring substituents is 1. The molecule has 1 aromatic heterocycles. The first kappa shape index (κ1) is 16.7. The van der Waals surface area contributed by atoms with Crippen molar-refractivity contribution in [3.05, 3.63) is 62.9 Å². The van der Waals surface area contributed by atoms with E-state index in [-0.39, 0.29) is 16.3 Å². The number of rotatable bonds is 7. The maximum Gasteiger partial charge on any atom is 0.283 e. The first-order chi connectivity index (χ1) is 11.0. The van der Waals surface area contributed by atoms with Crippen LogP contribution in [-0.2, 0) is 6.42 Å². The highest BCUT2D eigenvalue weighted by Gasteiger charge is 2.24. The molecule has 2 N–H and O–H groups in total. The molecule has 2 rings (SSSR count). The number of aryl methyl sites for hydroxylation is 1. The van der Waals surface area contributed by atoms with Gasteiger partial charge in [0.2, 0.25) is 0 Å². The molecule has 0 aliphatic heterocycles. The van der Waals surface area contributed by atoms with Gasteiger partial charge in [-0.1, -0.05) is 11.6 Å². The third-order valence-electron chi connectivity index (χ3n) is 3.14. The van der Waals surface area contributed by atoms with Crippen LogP contribution in [0.15, 0.2) is 36.7 Å². The molecular weight excluding hydrogens is 322 g/mol. The van der Waals surface area contributed by atoms with Crippen LogP contribution in [-0.4, -0.2) is 22.4 Å². The number of benzene rings is 1. The van der Waals surface area contributed by atoms with Crippen LogP contribution < -0.4 is 10.5 Å². The monoisotopic (exact) mass is 335 g/mol. The Hall–Kier alpha value is -2.67. The van der Waals surface area contributed by atoms with Crippen molar-refractivity contribution in [1.29, 1.82) is 0 Å². The topological polar surface area (TPSA) is 108 Å². The van der Waals surface area contributed by atoms with E-state index >= 15 is 0 Å². The Morgan fingerprint density at radius 2 is 2.00 bits per heavy atom. The Bertz CT molecular complexity index is 722. The lowest BCUT2D eigenvalue weighted by atomic mass is 10.1. The summed E-state index contributed by atoms with van der Waals surface area (Å²) in [6.07, 6.45) is 4.92. The summed E-state index contributed by atoms with van der Waals surface area (Å²) in [4.78, 5) is 25.5. The number of carbonyl (C=O) groups excluding carboxylic acids is 1. The van der Waals surface area contributed by atoms with Gasteiger partial charge in [-0.2, -0.15) is 0 Å². The number of carbonyl (C=O) groups is 1. The number of amides is 1. The van der Waals surface area contributed by atoms with Gasteiger partial charge < -0.3 is 10.5 Å². The zero-order valence-corrected chi connectivity index (χ0v) is 12.8. The number of ether oxygens (including phenoxy) is 1. The molecule has 1 heterocycles. The number of pyridine rings is 1. The Kier molecular flexibility index (Phi) is 5.48. The summed E-state index contributed by atoms with van der Waals surface area (Å²) in [5, 5.41) is 10.8. The molecule has 23 heavy (non-hydrogen) atoms. The Morgan fingerprint density at radius 3 is 2.61 bits per heavy atom. The molecule has 0 unspecified atom stereocenters. The van der Waals surface area contributed by atoms with Gasteiger partial charge in [0.25, 0.3) is 11.6 Å². The van der Waals surface area contributed by atoms with Gasteiger partial charge in [0.15, 0.2) is 0 Å². The summed E-state index contributed by atoms with van der Waals surface area (Å²) >= 11 is 6.01. The van der Waals surface area contributed by atoms with Crippen molar-refractivity contribution in [3.8, 4) is 5.75 Å². The van der Waals surface area contributed by atoms with E-state index in [4.69, 9.17) is 22.1 Å². The van der Waals surface area contributed by atoms with Crippen LogP contribution in [0.25, 0.3) is 0 Å². The molecule has 0 aliphatic carbocycles. The van der Waals surface area contributed by atoms with Crippen molar-refractivity contribution in [2.75, 3.05) is 6.61 Å². The fourth-order valence-electron chi connectivity index (χ4n) is 2.05. The molecule has 1 aromatic carbocycles. The maximum atomic E-state index is 11.4. The predicted molar refractivity (Wildman–Crippen MR) is 84.7 cm³/mol. The average molecular weight is 336 g/mol. The van der Waals surface area contributed by atoms with Gasteiger partial charge in [-0.25, -0.2) is 0 Å². The van der Waals surface area contributed by atoms with Crippen molar-refractivity contribution >= 4 is 23.2 Å². The van der Waals surface area contributed by atoms with Crippen molar-refractivity contribution < 1.29 is 14.5 Å². The smallest absolute Gasteiger partial charge is 0.283 e. The number of aromatic nitrogens is 1. The predicted octanol–water partition coefficient (Wildman–Crippen LogP) is 2.75. The van der Waals surface area contributed by atoms with Gasteiger partial charge in [0, 0.05) is 18.5 Å². The zero-order valence-electron chi connectivity index (χ0n) is 12.1. The van der Waals surface area contributed by atoms with Crippen LogP contribution in [0, 0.1) is 10.1 Å². The van der Waals surface area contributed by atoms with Gasteiger partial charge in [0.05, 0.1) is 11.5 Å². The summed E-state index contributed by atoms with van der Waals surface area (Å²) in [5.41, 5.74) is 5.50. The average Bonchev–Trinajstić information content (AvgIpc) is 2.53. The van der Waals surface area contributed by atoms with E-state index in [1.54, 1.807) is 12.4 Å². The fraction of sp³-hybridized carbons (Fsp3) is 0.200. The molecule has 0 bridgehead atoms. The van der Waals surface area contributed by atoms with E-state index in [1.807, 2.05) is 12.1 Å². The lowest BCUT2D eigenvalue weighted by Crippen LogP contribution is -2.15. The van der Waals surface area contributed by atoms with Crippen LogP contribution in [0.2, 0.25) is 5.02 Å². The number of nitro groups is 1. The molecule has 0 saturated carbocycles. The van der Waals surface area contributed by atoms with Crippen LogP contribution in [0.5, 0.6) is 5.75 Å². The molecule has 0 atom stereocenters. The minimum absolute atomic E-state index is 0.143. The molecule has 0 spiro atoms. The summed E-state index contributed by atoms with van der Waals surface area (Å²) in [5.74, 6) is -0.773. The third kappa shape index (κ3) is 4.17. The lowest BCUT2D eigenvalue weighted by Gasteiger charge is -2.10. The molecule has 0 saturated heterocycles. The quantitative estimate of drug-likeness (QED) is 0.475. The fourth-order valence-corrected chi connectivity index (χ4v) is 2.36. The van der Waals surface area contributed by atoms with Crippen LogP contribution in [0.4, 0.5) is 5.69 Å². The van der Waals surface area contributed by atoms with Gasteiger partial charge in [-0.3, -0.25) is 19.9 Å². The van der Waals surface area contributed by atoms with E-state index in [0.717, 1.165) is 18.1 Å². The summed E-state index contributed by atoms with van der Waals surface area (Å²) < 4.78 is 5.51. The van der Waals surface area contributed by atoms with E-state index in [0.29, 0.717) is 13.0 Å². The number of halogens is 1.